The topological polar surface area (TPSA) is 194 Å². The number of carbonyl (C=O) groups excluding carboxylic acids is 5. The van der Waals surface area contributed by atoms with E-state index < -0.39 is 58.8 Å². The van der Waals surface area contributed by atoms with Gasteiger partial charge in [-0.15, -0.1) is 12.6 Å². The molecule has 15 nitrogen and oxygen atoms in total. The van der Waals surface area contributed by atoms with Crippen LogP contribution in [0, 0.1) is 22.7 Å². The van der Waals surface area contributed by atoms with Gasteiger partial charge in [0, 0.05) is 64.1 Å². The fourth-order valence-corrected chi connectivity index (χ4v) is 8.51. The second kappa shape index (κ2) is 26.1. The summed E-state index contributed by atoms with van der Waals surface area (Å²) in [5.74, 6) is -1.42. The van der Waals surface area contributed by atoms with Crippen molar-refractivity contribution in [2.75, 3.05) is 45.8 Å². The van der Waals surface area contributed by atoms with E-state index in [2.05, 4.69) is 69.8 Å². The van der Waals surface area contributed by atoms with Crippen molar-refractivity contribution in [3.8, 4) is 0 Å². The summed E-state index contributed by atoms with van der Waals surface area (Å²) in [6, 6.07) is 15.4. The molecular weight excluding hydrogens is 877 g/mol. The van der Waals surface area contributed by atoms with E-state index in [0.29, 0.717) is 38.5 Å². The molecule has 6 N–H and O–H groups in total. The Morgan fingerprint density at radius 1 is 0.824 bits per heavy atom. The van der Waals surface area contributed by atoms with Crippen LogP contribution in [0.1, 0.15) is 106 Å². The summed E-state index contributed by atoms with van der Waals surface area (Å²) >= 11 is 4.13. The Balaban J connectivity index is 1.58. The van der Waals surface area contributed by atoms with E-state index in [-0.39, 0.29) is 42.4 Å². The van der Waals surface area contributed by atoms with Gasteiger partial charge in [-0.1, -0.05) is 130 Å². The lowest BCUT2D eigenvalue weighted by Crippen LogP contribution is -2.57. The summed E-state index contributed by atoms with van der Waals surface area (Å²) in [7, 11) is 0. The van der Waals surface area contributed by atoms with Gasteiger partial charge in [0.1, 0.15) is 24.0 Å². The number of nitrogens with zero attached hydrogens (tertiary/aromatic N) is 5. The smallest absolute Gasteiger partial charge is 0.246 e. The molecule has 2 aliphatic rings. The summed E-state index contributed by atoms with van der Waals surface area (Å²) in [6.45, 7) is 23.7. The summed E-state index contributed by atoms with van der Waals surface area (Å²) in [6.07, 6.45) is 4.47. The molecule has 0 spiro atoms. The van der Waals surface area contributed by atoms with E-state index in [9.17, 15) is 24.0 Å². The molecule has 5 amide bonds. The van der Waals surface area contributed by atoms with Crippen LogP contribution < -0.4 is 27.0 Å². The third-order valence-electron chi connectivity index (χ3n) is 12.8. The first-order valence-electron chi connectivity index (χ1n) is 24.3. The van der Waals surface area contributed by atoms with Crippen molar-refractivity contribution in [1.82, 2.24) is 36.0 Å². The summed E-state index contributed by atoms with van der Waals surface area (Å²) < 4.78 is 0. The maximum Gasteiger partial charge on any atom is 0.246 e. The number of thiol groups is 1. The normalized spacial score (nSPS) is 19.7. The van der Waals surface area contributed by atoms with E-state index in [1.807, 2.05) is 109 Å². The minimum Gasteiger partial charge on any atom is -0.363 e. The molecule has 0 aliphatic carbocycles. The molecule has 2 aromatic carbocycles. The van der Waals surface area contributed by atoms with Crippen molar-refractivity contribution in [2.45, 2.75) is 131 Å². The van der Waals surface area contributed by atoms with Gasteiger partial charge in [-0.25, -0.2) is 0 Å². The number of hydrogen-bond acceptors (Lipinski definition) is 10. The summed E-state index contributed by atoms with van der Waals surface area (Å²) in [4.78, 5) is 85.6. The lowest BCUT2D eigenvalue weighted by atomic mass is 9.84. The molecule has 374 valence electrons. The van der Waals surface area contributed by atoms with Gasteiger partial charge in [0.2, 0.25) is 29.5 Å². The number of carbonyl (C=O) groups is 5. The number of piperazine rings is 1. The maximum atomic E-state index is 14.8. The number of hydrogen-bond donors (Lipinski definition) is 6. The molecule has 2 saturated heterocycles. The minimum atomic E-state index is -1.10. The largest absolute Gasteiger partial charge is 0.363 e. The first kappa shape index (κ1) is 55.5. The van der Waals surface area contributed by atoms with E-state index in [1.54, 1.807) is 4.90 Å². The number of nitrogens with two attached hydrogens (primary N) is 1. The van der Waals surface area contributed by atoms with Gasteiger partial charge in [-0.3, -0.25) is 38.9 Å². The maximum absolute atomic E-state index is 14.8. The van der Waals surface area contributed by atoms with Crippen molar-refractivity contribution in [3.05, 3.63) is 83.4 Å². The predicted octanol–water partition coefficient (Wildman–Crippen LogP) is 5.14. The van der Waals surface area contributed by atoms with Crippen LogP contribution in [-0.2, 0) is 30.5 Å². The molecule has 7 atom stereocenters. The molecule has 2 aliphatic heterocycles. The molecular formula is C52H80N10O5S. The van der Waals surface area contributed by atoms with Crippen LogP contribution in [0.2, 0.25) is 0 Å². The van der Waals surface area contributed by atoms with Crippen LogP contribution in [-0.4, -0.2) is 132 Å². The van der Waals surface area contributed by atoms with Gasteiger partial charge >= 0.3 is 0 Å². The second-order valence-electron chi connectivity index (χ2n) is 21.0. The standard InChI is InChI=1S/C52H80N10O5S/c1-35(2)21-23-55-49(66)44-36(3)22-25-62(44)42(64)33-56-47(45(53)51(5,6)7)59-46(52(8,9)10)50(67)58-43(37(4)39-19-15-12-16-20-39)48(65)57-40(32-54-24-30-68)31-41(63)61-28-26-60(27-29-61)34-38-17-13-11-14-18-38/h11-20,24,30,32,35-37,40,43-46,68H,21-23,25-29,31,33-34,53H2,1-10H3,(H,55,66)(H,56,59)(H,57,65)(H,58,67)/b30-24-,54-32+/t36-,37+,40-,43?,44+,45?,46?/m1/s1. The van der Waals surface area contributed by atoms with Gasteiger partial charge in [0.15, 0.2) is 0 Å². The highest BCUT2D eigenvalue weighted by molar-refractivity contribution is 7.83. The molecule has 3 unspecified atom stereocenters. The highest BCUT2D eigenvalue weighted by Crippen LogP contribution is 2.28. The summed E-state index contributed by atoms with van der Waals surface area (Å²) in [5, 5.41) is 13.8. The van der Waals surface area contributed by atoms with Crippen LogP contribution in [0.25, 0.3) is 0 Å². The van der Waals surface area contributed by atoms with Crippen LogP contribution in [0.3, 0.4) is 0 Å². The fourth-order valence-electron chi connectivity index (χ4n) is 8.43. The van der Waals surface area contributed by atoms with Gasteiger partial charge in [0.25, 0.3) is 0 Å². The van der Waals surface area contributed by atoms with Crippen LogP contribution in [0.5, 0.6) is 0 Å². The molecule has 2 fully saturated rings. The molecule has 0 bridgehead atoms. The monoisotopic (exact) mass is 957 g/mol. The average molecular weight is 957 g/mol. The molecule has 2 aromatic rings. The fraction of sp³-hybridized carbons (Fsp3) is 0.596. The average Bonchev–Trinajstić information content (AvgIpc) is 3.68. The third kappa shape index (κ3) is 16.9. The van der Waals surface area contributed by atoms with E-state index in [4.69, 9.17) is 10.7 Å². The molecule has 0 radical (unpaired) electrons. The van der Waals surface area contributed by atoms with Gasteiger partial charge < -0.3 is 36.8 Å². The number of amides is 5. The number of amidine groups is 1. The SMILES string of the molecule is CC(C)CCNC(=O)[C@@H]1[C@H](C)CCN1C(=O)CN/C(=N\C(C(=O)NC(C(=O)N[C@@H](/C=N/C=C\S)CC(=O)N1CCN(Cc2ccccc2)CC1)[C@@H](C)c1ccccc1)C(C)(C)C)C(N)C(C)(C)C. The molecule has 2 heterocycles. The van der Waals surface area contributed by atoms with Crippen LogP contribution in [0.4, 0.5) is 0 Å². The predicted molar refractivity (Wildman–Crippen MR) is 276 cm³/mol. The quantitative estimate of drug-likeness (QED) is 0.0597. The molecule has 0 saturated carbocycles. The zero-order valence-corrected chi connectivity index (χ0v) is 43.1. The highest BCUT2D eigenvalue weighted by atomic mass is 32.1. The van der Waals surface area contributed by atoms with Gasteiger partial charge in [-0.2, -0.15) is 0 Å². The Kier molecular flexibility index (Phi) is 21.3. The number of aliphatic imine (C=N–C) groups is 2. The Morgan fingerprint density at radius 3 is 2.04 bits per heavy atom. The van der Waals surface area contributed by atoms with Gasteiger partial charge in [-0.05, 0) is 52.0 Å². The number of rotatable bonds is 20. The zero-order valence-electron chi connectivity index (χ0n) is 42.2. The molecule has 16 heteroatoms. The number of nitrogens with one attached hydrogen (secondary N) is 4. The van der Waals surface area contributed by atoms with E-state index >= 15 is 0 Å². The lowest BCUT2D eigenvalue weighted by Gasteiger charge is -2.35. The summed E-state index contributed by atoms with van der Waals surface area (Å²) in [5.41, 5.74) is 7.59. The first-order valence-corrected chi connectivity index (χ1v) is 24.8. The number of likely N-dealkylation sites (tertiary alicyclic amines) is 1. The van der Waals surface area contributed by atoms with Crippen molar-refractivity contribution < 1.29 is 24.0 Å². The van der Waals surface area contributed by atoms with Crippen LogP contribution in [0.15, 0.2) is 82.3 Å². The molecule has 0 aromatic heterocycles. The Bertz CT molecular complexity index is 2040. The second-order valence-corrected chi connectivity index (χ2v) is 21.3. The highest BCUT2D eigenvalue weighted by Gasteiger charge is 2.41. The molecule has 68 heavy (non-hydrogen) atoms. The Labute approximate surface area is 411 Å². The van der Waals surface area contributed by atoms with Crippen molar-refractivity contribution >= 4 is 54.2 Å². The van der Waals surface area contributed by atoms with E-state index in [0.717, 1.165) is 31.6 Å². The third-order valence-corrected chi connectivity index (χ3v) is 12.9. The van der Waals surface area contributed by atoms with E-state index in [1.165, 1.54) is 23.4 Å². The Morgan fingerprint density at radius 2 is 1.46 bits per heavy atom. The zero-order chi connectivity index (χ0) is 50.2. The van der Waals surface area contributed by atoms with Crippen LogP contribution >= 0.6 is 12.6 Å². The molecule has 4 rings (SSSR count). The van der Waals surface area contributed by atoms with Crippen molar-refractivity contribution in [3.63, 3.8) is 0 Å². The van der Waals surface area contributed by atoms with Crippen molar-refractivity contribution in [1.29, 1.82) is 0 Å². The van der Waals surface area contributed by atoms with Gasteiger partial charge in [0.05, 0.1) is 25.0 Å². The number of benzene rings is 2. The lowest BCUT2D eigenvalue weighted by molar-refractivity contribution is -0.138. The first-order chi connectivity index (χ1) is 32.1. The minimum absolute atomic E-state index is 0.0141. The van der Waals surface area contributed by atoms with Crippen molar-refractivity contribution in [2.24, 2.45) is 38.4 Å². The Hall–Kier alpha value is -5.06.